The fraction of sp³-hybridized carbons (Fsp3) is 0.190. The fourth-order valence-electron chi connectivity index (χ4n) is 2.90. The Bertz CT molecular complexity index is 1160. The zero-order valence-electron chi connectivity index (χ0n) is 16.4. The number of ether oxygens (including phenoxy) is 1. The zero-order chi connectivity index (χ0) is 21.7. The minimum atomic E-state index is -1.39. The number of amides is 3. The molecule has 0 bridgehead atoms. The van der Waals surface area contributed by atoms with Gasteiger partial charge in [0.05, 0.1) is 5.39 Å². The van der Waals surface area contributed by atoms with Crippen molar-refractivity contribution in [1.82, 2.24) is 20.4 Å². The van der Waals surface area contributed by atoms with Crippen LogP contribution in [0.3, 0.4) is 0 Å². The average Bonchev–Trinajstić information content (AvgIpc) is 2.78. The number of esters is 1. The lowest BCUT2D eigenvalue weighted by Gasteiger charge is -2.18. The minimum absolute atomic E-state index is 0.0966. The van der Waals surface area contributed by atoms with Gasteiger partial charge in [-0.3, -0.25) is 14.9 Å². The van der Waals surface area contributed by atoms with Crippen LogP contribution in [0.2, 0.25) is 0 Å². The van der Waals surface area contributed by atoms with Crippen LogP contribution in [0.5, 0.6) is 0 Å². The molecule has 3 rings (SSSR count). The third-order valence-electron chi connectivity index (χ3n) is 4.39. The second kappa shape index (κ2) is 8.99. The Morgan fingerprint density at radius 2 is 1.67 bits per heavy atom. The van der Waals surface area contributed by atoms with Gasteiger partial charge in [-0.05, 0) is 13.0 Å². The Morgan fingerprint density at radius 1 is 1.03 bits per heavy atom. The summed E-state index contributed by atoms with van der Waals surface area (Å²) < 4.78 is 6.62. The Kier molecular flexibility index (Phi) is 6.21. The third-order valence-corrected chi connectivity index (χ3v) is 4.39. The number of nitrogens with one attached hydrogen (secondary N) is 2. The van der Waals surface area contributed by atoms with Gasteiger partial charge in [-0.2, -0.15) is 5.10 Å². The number of rotatable bonds is 5. The molecule has 0 saturated carbocycles. The summed E-state index contributed by atoms with van der Waals surface area (Å²) in [5.74, 6) is -1.71. The Labute approximate surface area is 171 Å². The van der Waals surface area contributed by atoms with Gasteiger partial charge in [-0.15, -0.1) is 0 Å². The molecule has 0 aliphatic heterocycles. The van der Waals surface area contributed by atoms with Crippen molar-refractivity contribution in [3.8, 4) is 0 Å². The van der Waals surface area contributed by atoms with Crippen LogP contribution in [0.4, 0.5) is 4.79 Å². The Balaban J connectivity index is 2.02. The number of benzene rings is 2. The normalized spacial score (nSPS) is 11.5. The lowest BCUT2D eigenvalue weighted by atomic mass is 10.1. The molecule has 1 heterocycles. The van der Waals surface area contributed by atoms with E-state index in [-0.39, 0.29) is 17.8 Å². The maximum absolute atomic E-state index is 13.0. The molecule has 0 unspecified atom stereocenters. The molecule has 0 spiro atoms. The number of carbonyl (C=O) groups is 3. The molecular weight excluding hydrogens is 388 g/mol. The molecule has 1 atom stereocenters. The van der Waals surface area contributed by atoms with E-state index in [2.05, 4.69) is 15.7 Å². The standard InChI is InChI=1S/C21H20N4O5/c1-3-25-19(27)15-12-8-7-11-14(15)16(24-25)20(28)30-17(13-9-5-4-6-10-13)18(26)23-21(29)22-2/h4-12,17H,3H2,1-2H3,(H2,22,23,26,29)/t17-/m0/s1. The second-order valence-electron chi connectivity index (χ2n) is 6.28. The van der Waals surface area contributed by atoms with Gasteiger partial charge in [0.15, 0.2) is 5.69 Å². The molecule has 0 saturated heterocycles. The van der Waals surface area contributed by atoms with E-state index in [0.29, 0.717) is 16.3 Å². The summed E-state index contributed by atoms with van der Waals surface area (Å²) in [6, 6.07) is 14.1. The predicted molar refractivity (Wildman–Crippen MR) is 109 cm³/mol. The van der Waals surface area contributed by atoms with Crippen LogP contribution in [0.15, 0.2) is 59.4 Å². The van der Waals surface area contributed by atoms with E-state index in [1.165, 1.54) is 7.05 Å². The van der Waals surface area contributed by atoms with Crippen LogP contribution < -0.4 is 16.2 Å². The highest BCUT2D eigenvalue weighted by atomic mass is 16.5. The number of nitrogens with zero attached hydrogens (tertiary/aromatic N) is 2. The number of urea groups is 1. The smallest absolute Gasteiger partial charge is 0.360 e. The number of imide groups is 1. The topological polar surface area (TPSA) is 119 Å². The molecule has 2 aromatic carbocycles. The van der Waals surface area contributed by atoms with E-state index in [9.17, 15) is 19.2 Å². The lowest BCUT2D eigenvalue weighted by molar-refractivity contribution is -0.129. The summed E-state index contributed by atoms with van der Waals surface area (Å²) in [6.45, 7) is 1.98. The molecule has 9 nitrogen and oxygen atoms in total. The minimum Gasteiger partial charge on any atom is -0.442 e. The number of aryl methyl sites for hydroxylation is 1. The molecule has 3 amide bonds. The summed E-state index contributed by atoms with van der Waals surface area (Å²) >= 11 is 0. The van der Waals surface area contributed by atoms with Crippen molar-refractivity contribution in [2.75, 3.05) is 7.05 Å². The van der Waals surface area contributed by atoms with E-state index in [4.69, 9.17) is 4.74 Å². The van der Waals surface area contributed by atoms with Gasteiger partial charge in [-0.1, -0.05) is 48.5 Å². The molecule has 154 valence electrons. The quantitative estimate of drug-likeness (QED) is 0.621. The molecule has 3 aromatic rings. The van der Waals surface area contributed by atoms with Crippen molar-refractivity contribution in [3.63, 3.8) is 0 Å². The summed E-state index contributed by atoms with van der Waals surface area (Å²) in [6.07, 6.45) is -1.39. The highest BCUT2D eigenvalue weighted by Crippen LogP contribution is 2.21. The van der Waals surface area contributed by atoms with Crippen molar-refractivity contribution >= 4 is 28.7 Å². The van der Waals surface area contributed by atoms with Gasteiger partial charge in [0.25, 0.3) is 11.5 Å². The first-order valence-corrected chi connectivity index (χ1v) is 9.24. The van der Waals surface area contributed by atoms with E-state index in [0.717, 1.165) is 4.68 Å². The second-order valence-corrected chi connectivity index (χ2v) is 6.28. The monoisotopic (exact) mass is 408 g/mol. The molecule has 0 fully saturated rings. The predicted octanol–water partition coefficient (Wildman–Crippen LogP) is 1.77. The molecule has 0 radical (unpaired) electrons. The van der Waals surface area contributed by atoms with Gasteiger partial charge in [0.1, 0.15) is 0 Å². The third kappa shape index (κ3) is 4.19. The van der Waals surface area contributed by atoms with E-state index in [1.807, 2.05) is 0 Å². The number of hydrogen-bond donors (Lipinski definition) is 2. The largest absolute Gasteiger partial charge is 0.442 e. The van der Waals surface area contributed by atoms with E-state index in [1.54, 1.807) is 61.5 Å². The van der Waals surface area contributed by atoms with Crippen LogP contribution in [0.25, 0.3) is 10.8 Å². The highest BCUT2D eigenvalue weighted by Gasteiger charge is 2.28. The highest BCUT2D eigenvalue weighted by molar-refractivity contribution is 6.04. The SMILES string of the molecule is CCn1nc(C(=O)O[C@H](C(=O)NC(=O)NC)c2ccccc2)c2ccccc2c1=O. The first-order chi connectivity index (χ1) is 14.5. The van der Waals surface area contributed by atoms with Gasteiger partial charge in [-0.25, -0.2) is 14.3 Å². The maximum atomic E-state index is 13.0. The van der Waals surface area contributed by atoms with Crippen LogP contribution in [0.1, 0.15) is 29.1 Å². The molecule has 0 aliphatic carbocycles. The lowest BCUT2D eigenvalue weighted by Crippen LogP contribution is -2.41. The molecule has 1 aromatic heterocycles. The van der Waals surface area contributed by atoms with Gasteiger partial charge in [0.2, 0.25) is 6.10 Å². The fourth-order valence-corrected chi connectivity index (χ4v) is 2.90. The summed E-state index contributed by atoms with van der Waals surface area (Å²) in [5, 5.41) is 9.13. The average molecular weight is 408 g/mol. The van der Waals surface area contributed by atoms with Crippen LogP contribution >= 0.6 is 0 Å². The van der Waals surface area contributed by atoms with Gasteiger partial charge in [0, 0.05) is 24.5 Å². The number of hydrogen-bond acceptors (Lipinski definition) is 6. The van der Waals surface area contributed by atoms with Crippen LogP contribution in [0, 0.1) is 0 Å². The molecule has 2 N–H and O–H groups in total. The first kappa shape index (κ1) is 20.7. The molecule has 30 heavy (non-hydrogen) atoms. The van der Waals surface area contributed by atoms with Crippen molar-refractivity contribution < 1.29 is 19.1 Å². The Hall–Kier alpha value is -4.01. The number of carbonyl (C=O) groups excluding carboxylic acids is 3. The summed E-state index contributed by atoms with van der Waals surface area (Å²) in [5.41, 5.74) is -0.0530. The van der Waals surface area contributed by atoms with Gasteiger partial charge < -0.3 is 10.1 Å². The van der Waals surface area contributed by atoms with E-state index < -0.39 is 24.0 Å². The van der Waals surface area contributed by atoms with Crippen molar-refractivity contribution in [2.24, 2.45) is 0 Å². The van der Waals surface area contributed by atoms with Crippen LogP contribution in [-0.4, -0.2) is 34.7 Å². The van der Waals surface area contributed by atoms with Crippen LogP contribution in [-0.2, 0) is 16.1 Å². The first-order valence-electron chi connectivity index (χ1n) is 9.24. The summed E-state index contributed by atoms with van der Waals surface area (Å²) in [7, 11) is 1.36. The molecule has 9 heteroatoms. The van der Waals surface area contributed by atoms with Crippen molar-refractivity contribution in [1.29, 1.82) is 0 Å². The maximum Gasteiger partial charge on any atom is 0.360 e. The number of aromatic nitrogens is 2. The molecule has 0 aliphatic rings. The summed E-state index contributed by atoms with van der Waals surface area (Å²) in [4.78, 5) is 49.7. The number of fused-ring (bicyclic) bond motifs is 1. The Morgan fingerprint density at radius 3 is 2.30 bits per heavy atom. The zero-order valence-corrected chi connectivity index (χ0v) is 16.4. The van der Waals surface area contributed by atoms with E-state index >= 15 is 0 Å². The van der Waals surface area contributed by atoms with Gasteiger partial charge >= 0.3 is 12.0 Å². The van der Waals surface area contributed by atoms with Crippen molar-refractivity contribution in [3.05, 3.63) is 76.2 Å². The molecular formula is C21H20N4O5. The van der Waals surface area contributed by atoms with Crippen molar-refractivity contribution in [2.45, 2.75) is 19.6 Å².